The van der Waals surface area contributed by atoms with E-state index in [-0.39, 0.29) is 0 Å². The molecule has 3 heteroatoms. The van der Waals surface area contributed by atoms with Gasteiger partial charge >= 0.3 is 0 Å². The number of hydrogen-bond donors (Lipinski definition) is 0. The molecule has 0 heterocycles. The van der Waals surface area contributed by atoms with Crippen molar-refractivity contribution in [3.8, 4) is 5.75 Å². The summed E-state index contributed by atoms with van der Waals surface area (Å²) in [5.41, 5.74) is 0. The zero-order valence-electron chi connectivity index (χ0n) is 7.63. The average molecular weight is 181 g/mol. The zero-order chi connectivity index (χ0) is 8.97. The van der Waals surface area contributed by atoms with Gasteiger partial charge in [-0.15, -0.1) is 0 Å². The summed E-state index contributed by atoms with van der Waals surface area (Å²) in [6.07, 6.45) is 0. The Hall–Kier alpha value is -0.803. The normalized spacial score (nSPS) is 10.3. The van der Waals surface area contributed by atoms with Crippen LogP contribution in [0.3, 0.4) is 0 Å². The molecule has 65 valence electrons. The fourth-order valence-electron chi connectivity index (χ4n) is 0.944. The van der Waals surface area contributed by atoms with E-state index in [4.69, 9.17) is 9.16 Å². The van der Waals surface area contributed by atoms with Gasteiger partial charge in [-0.2, -0.15) is 0 Å². The van der Waals surface area contributed by atoms with Gasteiger partial charge < -0.3 is 9.16 Å². The first-order valence-corrected chi connectivity index (χ1v) is 5.70. The van der Waals surface area contributed by atoms with Crippen molar-refractivity contribution in [1.29, 1.82) is 0 Å². The van der Waals surface area contributed by atoms with Crippen molar-refractivity contribution in [3.05, 3.63) is 24.3 Å². The third kappa shape index (κ3) is 2.09. The maximum absolute atomic E-state index is 5.27. The van der Waals surface area contributed by atoms with Gasteiger partial charge in [0.25, 0.3) is 0 Å². The second-order valence-electron chi connectivity index (χ2n) is 2.49. The smallest absolute Gasteiger partial charge is 0.242 e. The summed E-state index contributed by atoms with van der Waals surface area (Å²) in [7, 11) is 2.63. The van der Waals surface area contributed by atoms with Gasteiger partial charge in [0.05, 0.1) is 7.11 Å². The molecule has 0 saturated heterocycles. The number of benzene rings is 1. The Bertz CT molecular complexity index is 233. The van der Waals surface area contributed by atoms with E-state index in [1.807, 2.05) is 12.1 Å². The van der Waals surface area contributed by atoms with Crippen molar-refractivity contribution in [1.82, 2.24) is 0 Å². The van der Waals surface area contributed by atoms with Crippen molar-refractivity contribution in [3.63, 3.8) is 0 Å². The molecule has 0 aliphatic rings. The molecule has 0 bridgehead atoms. The van der Waals surface area contributed by atoms with Gasteiger partial charge in [0, 0.05) is 7.11 Å². The van der Waals surface area contributed by atoms with Crippen LogP contribution in [0.4, 0.5) is 0 Å². The van der Waals surface area contributed by atoms with Gasteiger partial charge in [0.15, 0.2) is 0 Å². The van der Waals surface area contributed by atoms with E-state index in [1.165, 1.54) is 5.19 Å². The van der Waals surface area contributed by atoms with Crippen LogP contribution in [0, 0.1) is 0 Å². The van der Waals surface area contributed by atoms with Crippen LogP contribution in [0.15, 0.2) is 24.3 Å². The van der Waals surface area contributed by atoms with Crippen LogP contribution in [-0.2, 0) is 4.43 Å². The lowest BCUT2D eigenvalue weighted by Crippen LogP contribution is -2.28. The van der Waals surface area contributed by atoms with Crippen molar-refractivity contribution >= 4 is 14.2 Å². The number of hydrogen-bond acceptors (Lipinski definition) is 2. The predicted octanol–water partition coefficient (Wildman–Crippen LogP) is 1.17. The van der Waals surface area contributed by atoms with Crippen LogP contribution >= 0.6 is 0 Å². The molecular weight excluding hydrogens is 168 g/mol. The Morgan fingerprint density at radius 1 is 1.08 bits per heavy atom. The molecule has 1 aromatic carbocycles. The van der Waals surface area contributed by atoms with E-state index >= 15 is 0 Å². The molecule has 0 unspecified atom stereocenters. The minimum atomic E-state index is -0.787. The lowest BCUT2D eigenvalue weighted by Gasteiger charge is -2.06. The summed E-state index contributed by atoms with van der Waals surface area (Å²) in [6.45, 7) is 2.12. The van der Waals surface area contributed by atoms with Gasteiger partial charge in [0.1, 0.15) is 5.75 Å². The van der Waals surface area contributed by atoms with E-state index in [9.17, 15) is 0 Å². The maximum atomic E-state index is 5.27. The van der Waals surface area contributed by atoms with Crippen molar-refractivity contribution < 1.29 is 9.16 Å². The molecular formula is C9H13O2Si. The van der Waals surface area contributed by atoms with E-state index in [1.54, 1.807) is 14.2 Å². The highest BCUT2D eigenvalue weighted by Gasteiger charge is 2.06. The summed E-state index contributed by atoms with van der Waals surface area (Å²) >= 11 is 0. The SMILES string of the molecule is COc1ccc([Si](C)OC)cc1. The number of ether oxygens (including phenoxy) is 1. The van der Waals surface area contributed by atoms with Crippen LogP contribution < -0.4 is 9.92 Å². The van der Waals surface area contributed by atoms with Crippen LogP contribution in [0.5, 0.6) is 5.75 Å². The van der Waals surface area contributed by atoms with E-state index in [2.05, 4.69) is 18.7 Å². The van der Waals surface area contributed by atoms with Crippen molar-refractivity contribution in [2.75, 3.05) is 14.2 Å². The highest BCUT2D eigenvalue weighted by atomic mass is 28.3. The monoisotopic (exact) mass is 181 g/mol. The summed E-state index contributed by atoms with van der Waals surface area (Å²) in [5, 5.41) is 1.27. The molecule has 0 atom stereocenters. The molecule has 0 amide bonds. The Labute approximate surface area is 74.9 Å². The Kier molecular flexibility index (Phi) is 3.31. The Balaban J connectivity index is 2.77. The number of methoxy groups -OCH3 is 1. The highest BCUT2D eigenvalue weighted by Crippen LogP contribution is 2.06. The van der Waals surface area contributed by atoms with Crippen molar-refractivity contribution in [2.45, 2.75) is 6.55 Å². The van der Waals surface area contributed by atoms with E-state index < -0.39 is 9.04 Å². The maximum Gasteiger partial charge on any atom is 0.242 e. The van der Waals surface area contributed by atoms with Crippen LogP contribution in [0.2, 0.25) is 6.55 Å². The Morgan fingerprint density at radius 2 is 1.67 bits per heavy atom. The molecule has 12 heavy (non-hydrogen) atoms. The minimum absolute atomic E-state index is 0.787. The largest absolute Gasteiger partial charge is 0.497 e. The number of rotatable bonds is 3. The second kappa shape index (κ2) is 4.28. The van der Waals surface area contributed by atoms with E-state index in [0.717, 1.165) is 5.75 Å². The lowest BCUT2D eigenvalue weighted by atomic mass is 10.3. The molecule has 0 aliphatic heterocycles. The lowest BCUT2D eigenvalue weighted by molar-refractivity contribution is 0.414. The van der Waals surface area contributed by atoms with Crippen LogP contribution in [0.1, 0.15) is 0 Å². The molecule has 0 spiro atoms. The summed E-state index contributed by atoms with van der Waals surface area (Å²) < 4.78 is 10.3. The predicted molar refractivity (Wildman–Crippen MR) is 51.3 cm³/mol. The first-order chi connectivity index (χ1) is 5.77. The summed E-state index contributed by atoms with van der Waals surface area (Å²) in [4.78, 5) is 0. The van der Waals surface area contributed by atoms with E-state index in [0.29, 0.717) is 0 Å². The molecule has 0 fully saturated rings. The average Bonchev–Trinajstić information content (AvgIpc) is 2.17. The zero-order valence-corrected chi connectivity index (χ0v) is 8.63. The summed E-state index contributed by atoms with van der Waals surface area (Å²) in [5.74, 6) is 0.893. The van der Waals surface area contributed by atoms with Gasteiger partial charge in [-0.05, 0) is 23.9 Å². The quantitative estimate of drug-likeness (QED) is 0.652. The van der Waals surface area contributed by atoms with Gasteiger partial charge in [-0.1, -0.05) is 12.1 Å². The molecule has 0 saturated carbocycles. The third-order valence-corrected chi connectivity index (χ3v) is 3.56. The highest BCUT2D eigenvalue weighted by molar-refractivity contribution is 6.66. The van der Waals surface area contributed by atoms with Crippen LogP contribution in [0.25, 0.3) is 0 Å². The van der Waals surface area contributed by atoms with Crippen molar-refractivity contribution in [2.24, 2.45) is 0 Å². The minimum Gasteiger partial charge on any atom is -0.497 e. The fourth-order valence-corrected chi connectivity index (χ4v) is 1.82. The first kappa shape index (κ1) is 9.29. The topological polar surface area (TPSA) is 18.5 Å². The summed E-state index contributed by atoms with van der Waals surface area (Å²) in [6, 6.07) is 8.03. The molecule has 1 rings (SSSR count). The molecule has 0 aliphatic carbocycles. The van der Waals surface area contributed by atoms with Crippen LogP contribution in [-0.4, -0.2) is 23.3 Å². The first-order valence-electron chi connectivity index (χ1n) is 3.80. The van der Waals surface area contributed by atoms with Gasteiger partial charge in [0.2, 0.25) is 9.04 Å². The Morgan fingerprint density at radius 3 is 2.08 bits per heavy atom. The fraction of sp³-hybridized carbons (Fsp3) is 0.333. The van der Waals surface area contributed by atoms with Gasteiger partial charge in [-0.25, -0.2) is 0 Å². The second-order valence-corrected chi connectivity index (χ2v) is 4.59. The molecule has 0 aromatic heterocycles. The molecule has 2 nitrogen and oxygen atoms in total. The van der Waals surface area contributed by atoms with Gasteiger partial charge in [-0.3, -0.25) is 0 Å². The molecule has 1 aromatic rings. The third-order valence-electron chi connectivity index (χ3n) is 1.80. The molecule has 1 radical (unpaired) electrons. The molecule has 0 N–H and O–H groups in total. The standard InChI is InChI=1S/C9H13O2Si/c1-10-8-4-6-9(7-5-8)12(3)11-2/h4-7H,1-3H3.